The van der Waals surface area contributed by atoms with Crippen molar-refractivity contribution < 1.29 is 4.74 Å². The van der Waals surface area contributed by atoms with Gasteiger partial charge in [-0.3, -0.25) is 0 Å². The van der Waals surface area contributed by atoms with Gasteiger partial charge < -0.3 is 19.5 Å². The molecule has 1 aromatic heterocycles. The van der Waals surface area contributed by atoms with Crippen LogP contribution in [0.15, 0.2) is 12.4 Å². The molecule has 0 spiro atoms. The SMILES string of the molecule is C[C@@H]1CCC[C@@H](N2CCC(N[C@H]3CCO[C@@H]3c3nccn3C)CC2)C1. The first kappa shape index (κ1) is 17.5. The Kier molecular flexibility index (Phi) is 5.44. The van der Waals surface area contributed by atoms with Crippen molar-refractivity contribution >= 4 is 0 Å². The Morgan fingerprint density at radius 1 is 1.16 bits per heavy atom. The minimum atomic E-state index is 0.109. The van der Waals surface area contributed by atoms with Crippen LogP contribution in [0.25, 0.3) is 0 Å². The number of nitrogens with zero attached hydrogens (tertiary/aromatic N) is 3. The molecule has 4 rings (SSSR count). The van der Waals surface area contributed by atoms with Gasteiger partial charge in [-0.2, -0.15) is 0 Å². The van der Waals surface area contributed by atoms with Crippen LogP contribution in [0.2, 0.25) is 0 Å². The standard InChI is InChI=1S/C20H34N4O/c1-15-4-3-5-17(14-15)24-10-6-16(7-11-24)22-18-8-13-25-19(18)20-21-9-12-23(20)2/h9,12,15-19,22H,3-8,10-11,13-14H2,1-2H3/t15-,17-,18+,19+/m1/s1. The van der Waals surface area contributed by atoms with E-state index in [0.29, 0.717) is 12.1 Å². The second-order valence-electron chi connectivity index (χ2n) is 8.49. The zero-order valence-electron chi connectivity index (χ0n) is 15.9. The van der Waals surface area contributed by atoms with Gasteiger partial charge in [-0.1, -0.05) is 19.8 Å². The first-order valence-corrected chi connectivity index (χ1v) is 10.3. The van der Waals surface area contributed by atoms with Gasteiger partial charge in [0.15, 0.2) is 0 Å². The maximum atomic E-state index is 6.00. The summed E-state index contributed by atoms with van der Waals surface area (Å²) in [5.41, 5.74) is 0. The van der Waals surface area contributed by atoms with Crippen molar-refractivity contribution in [3.8, 4) is 0 Å². The first-order valence-electron chi connectivity index (χ1n) is 10.3. The van der Waals surface area contributed by atoms with E-state index in [4.69, 9.17) is 4.74 Å². The third kappa shape index (κ3) is 3.93. The summed E-state index contributed by atoms with van der Waals surface area (Å²) in [5, 5.41) is 3.91. The number of likely N-dealkylation sites (tertiary alicyclic amines) is 1. The molecule has 3 fully saturated rings. The molecule has 140 valence electrons. The van der Waals surface area contributed by atoms with Crippen molar-refractivity contribution in [2.24, 2.45) is 13.0 Å². The Morgan fingerprint density at radius 3 is 2.72 bits per heavy atom. The molecule has 1 saturated carbocycles. The number of hydrogen-bond acceptors (Lipinski definition) is 4. The molecule has 1 N–H and O–H groups in total. The van der Waals surface area contributed by atoms with Crippen LogP contribution in [0.5, 0.6) is 0 Å². The normalized spacial score (nSPS) is 35.3. The molecule has 0 unspecified atom stereocenters. The quantitative estimate of drug-likeness (QED) is 0.910. The highest BCUT2D eigenvalue weighted by Gasteiger charge is 2.35. The zero-order chi connectivity index (χ0) is 17.2. The molecule has 0 amide bonds. The van der Waals surface area contributed by atoms with Crippen LogP contribution in [0.3, 0.4) is 0 Å². The summed E-state index contributed by atoms with van der Waals surface area (Å²) in [7, 11) is 2.06. The van der Waals surface area contributed by atoms with Crippen LogP contribution < -0.4 is 5.32 Å². The molecule has 5 nitrogen and oxygen atoms in total. The van der Waals surface area contributed by atoms with Crippen LogP contribution in [0.4, 0.5) is 0 Å². The molecule has 25 heavy (non-hydrogen) atoms. The first-order chi connectivity index (χ1) is 12.2. The van der Waals surface area contributed by atoms with Crippen molar-refractivity contribution in [2.75, 3.05) is 19.7 Å². The molecule has 5 heteroatoms. The van der Waals surface area contributed by atoms with Crippen LogP contribution >= 0.6 is 0 Å². The molecule has 2 saturated heterocycles. The Labute approximate surface area is 152 Å². The predicted molar refractivity (Wildman–Crippen MR) is 99.5 cm³/mol. The average molecular weight is 347 g/mol. The van der Waals surface area contributed by atoms with E-state index < -0.39 is 0 Å². The van der Waals surface area contributed by atoms with Gasteiger partial charge in [0.1, 0.15) is 11.9 Å². The summed E-state index contributed by atoms with van der Waals surface area (Å²) >= 11 is 0. The molecule has 2 aliphatic heterocycles. The number of nitrogens with one attached hydrogen (secondary N) is 1. The van der Waals surface area contributed by atoms with Crippen molar-refractivity contribution in [3.05, 3.63) is 18.2 Å². The van der Waals surface area contributed by atoms with E-state index in [1.807, 2.05) is 12.4 Å². The van der Waals surface area contributed by atoms with E-state index in [0.717, 1.165) is 30.8 Å². The molecule has 0 bridgehead atoms. The summed E-state index contributed by atoms with van der Waals surface area (Å²) in [6.45, 7) is 5.79. The second-order valence-corrected chi connectivity index (χ2v) is 8.49. The van der Waals surface area contributed by atoms with Crippen LogP contribution in [-0.2, 0) is 11.8 Å². The molecular formula is C20H34N4O. The highest BCUT2D eigenvalue weighted by Crippen LogP contribution is 2.31. The monoisotopic (exact) mass is 346 g/mol. The average Bonchev–Trinajstić information content (AvgIpc) is 3.24. The smallest absolute Gasteiger partial charge is 0.139 e. The second kappa shape index (κ2) is 7.77. The minimum Gasteiger partial charge on any atom is -0.369 e. The number of ether oxygens (including phenoxy) is 1. The van der Waals surface area contributed by atoms with E-state index in [1.165, 1.54) is 51.6 Å². The van der Waals surface area contributed by atoms with E-state index in [9.17, 15) is 0 Å². The lowest BCUT2D eigenvalue weighted by Crippen LogP contribution is -2.50. The van der Waals surface area contributed by atoms with E-state index in [-0.39, 0.29) is 6.10 Å². The number of piperidine rings is 1. The van der Waals surface area contributed by atoms with Gasteiger partial charge in [0.05, 0.1) is 0 Å². The van der Waals surface area contributed by atoms with Crippen molar-refractivity contribution in [1.82, 2.24) is 19.8 Å². The van der Waals surface area contributed by atoms with E-state index in [2.05, 4.69) is 33.7 Å². The summed E-state index contributed by atoms with van der Waals surface area (Å²) in [5.74, 6) is 1.98. The number of aryl methyl sites for hydroxylation is 1. The molecule has 3 heterocycles. The summed E-state index contributed by atoms with van der Waals surface area (Å²) < 4.78 is 8.10. The Balaban J connectivity index is 1.29. The van der Waals surface area contributed by atoms with Crippen molar-refractivity contribution in [3.63, 3.8) is 0 Å². The van der Waals surface area contributed by atoms with Crippen molar-refractivity contribution in [1.29, 1.82) is 0 Å². The van der Waals surface area contributed by atoms with Gasteiger partial charge in [0.25, 0.3) is 0 Å². The lowest BCUT2D eigenvalue weighted by molar-refractivity contribution is 0.0747. The maximum absolute atomic E-state index is 6.00. The fraction of sp³-hybridized carbons (Fsp3) is 0.850. The minimum absolute atomic E-state index is 0.109. The zero-order valence-corrected chi connectivity index (χ0v) is 15.9. The topological polar surface area (TPSA) is 42.3 Å². The molecule has 3 aliphatic rings. The van der Waals surface area contributed by atoms with Gasteiger partial charge in [0, 0.05) is 44.2 Å². The van der Waals surface area contributed by atoms with Gasteiger partial charge in [-0.25, -0.2) is 4.98 Å². The Hall–Kier alpha value is -0.910. The predicted octanol–water partition coefficient (Wildman–Crippen LogP) is 2.88. The van der Waals surface area contributed by atoms with Gasteiger partial charge in [-0.05, 0) is 51.1 Å². The van der Waals surface area contributed by atoms with Crippen LogP contribution in [0.1, 0.15) is 63.8 Å². The summed E-state index contributed by atoms with van der Waals surface area (Å²) in [4.78, 5) is 7.28. The van der Waals surface area contributed by atoms with Crippen LogP contribution in [0, 0.1) is 5.92 Å². The number of rotatable bonds is 4. The number of imidazole rings is 1. The highest BCUT2D eigenvalue weighted by atomic mass is 16.5. The van der Waals surface area contributed by atoms with E-state index in [1.54, 1.807) is 0 Å². The Bertz CT molecular complexity index is 552. The fourth-order valence-electron chi connectivity index (χ4n) is 5.13. The third-order valence-corrected chi connectivity index (χ3v) is 6.61. The van der Waals surface area contributed by atoms with Crippen molar-refractivity contribution in [2.45, 2.75) is 76.1 Å². The molecule has 1 aromatic rings. The fourth-order valence-corrected chi connectivity index (χ4v) is 5.13. The summed E-state index contributed by atoms with van der Waals surface area (Å²) in [6.07, 6.45) is 13.3. The maximum Gasteiger partial charge on any atom is 0.139 e. The van der Waals surface area contributed by atoms with Gasteiger partial charge >= 0.3 is 0 Å². The molecule has 1 aliphatic carbocycles. The molecule has 4 atom stereocenters. The van der Waals surface area contributed by atoms with Gasteiger partial charge in [0.2, 0.25) is 0 Å². The molecule has 0 aromatic carbocycles. The lowest BCUT2D eigenvalue weighted by atomic mass is 9.85. The van der Waals surface area contributed by atoms with Crippen LogP contribution in [-0.4, -0.2) is 52.3 Å². The number of hydrogen-bond donors (Lipinski definition) is 1. The highest BCUT2D eigenvalue weighted by molar-refractivity contribution is 5.03. The summed E-state index contributed by atoms with van der Waals surface area (Å²) in [6, 6.07) is 1.89. The lowest BCUT2D eigenvalue weighted by Gasteiger charge is -2.41. The molecule has 0 radical (unpaired) electrons. The molecular weight excluding hydrogens is 312 g/mol. The van der Waals surface area contributed by atoms with E-state index >= 15 is 0 Å². The Morgan fingerprint density at radius 2 is 2.00 bits per heavy atom. The third-order valence-electron chi connectivity index (χ3n) is 6.61. The number of aromatic nitrogens is 2. The largest absolute Gasteiger partial charge is 0.369 e. The van der Waals surface area contributed by atoms with Gasteiger partial charge in [-0.15, -0.1) is 0 Å².